The van der Waals surface area contributed by atoms with Gasteiger partial charge in [-0.1, -0.05) is 64.7 Å². The van der Waals surface area contributed by atoms with E-state index in [0.717, 1.165) is 70.6 Å². The van der Waals surface area contributed by atoms with Crippen molar-refractivity contribution in [2.24, 2.45) is 5.92 Å². The lowest BCUT2D eigenvalue weighted by molar-refractivity contribution is -0.141. The summed E-state index contributed by atoms with van der Waals surface area (Å²) < 4.78 is 11.0. The number of rotatable bonds is 13. The van der Waals surface area contributed by atoms with Gasteiger partial charge in [0.25, 0.3) is 5.91 Å². The van der Waals surface area contributed by atoms with Gasteiger partial charge in [0.1, 0.15) is 12.1 Å². The number of nitrogens with one attached hydrogen (secondary N) is 3. The zero-order valence-electron chi connectivity index (χ0n) is 23.1. The smallest absolute Gasteiger partial charge is 0.318 e. The van der Waals surface area contributed by atoms with Gasteiger partial charge in [0, 0.05) is 25.7 Å². The Kier molecular flexibility index (Phi) is 13.3. The quantitative estimate of drug-likeness (QED) is 0.245. The third-order valence-electron chi connectivity index (χ3n) is 7.93. The first-order valence-electron chi connectivity index (χ1n) is 14.8. The molecule has 216 valence electrons. The van der Waals surface area contributed by atoms with Gasteiger partial charge in [-0.2, -0.15) is 0 Å². The molecule has 38 heavy (non-hydrogen) atoms. The minimum absolute atomic E-state index is 0.00979. The first-order valence-corrected chi connectivity index (χ1v) is 14.8. The summed E-state index contributed by atoms with van der Waals surface area (Å²) in [6, 6.07) is -2.20. The minimum Gasteiger partial charge on any atom is -0.379 e. The average molecular weight is 537 g/mol. The molecule has 1 aliphatic heterocycles. The predicted molar refractivity (Wildman–Crippen MR) is 144 cm³/mol. The van der Waals surface area contributed by atoms with Crippen LogP contribution in [0.25, 0.3) is 0 Å². The van der Waals surface area contributed by atoms with Crippen molar-refractivity contribution in [3.8, 4) is 0 Å². The molecule has 10 nitrogen and oxygen atoms in total. The van der Waals surface area contributed by atoms with E-state index >= 15 is 0 Å². The molecular weight excluding hydrogens is 488 g/mol. The number of carbonyl (C=O) groups excluding carboxylic acids is 4. The predicted octanol–water partition coefficient (Wildman–Crippen LogP) is 2.69. The monoisotopic (exact) mass is 536 g/mol. The van der Waals surface area contributed by atoms with Gasteiger partial charge >= 0.3 is 6.03 Å². The summed E-state index contributed by atoms with van der Waals surface area (Å²) in [4.78, 5) is 54.2. The van der Waals surface area contributed by atoms with Crippen LogP contribution in [-0.4, -0.2) is 86.2 Å². The van der Waals surface area contributed by atoms with Crippen LogP contribution in [0.5, 0.6) is 0 Å². The van der Waals surface area contributed by atoms with E-state index in [-0.39, 0.29) is 18.7 Å². The first-order chi connectivity index (χ1) is 18.5. The van der Waals surface area contributed by atoms with Gasteiger partial charge in [-0.05, 0) is 31.6 Å². The van der Waals surface area contributed by atoms with Gasteiger partial charge < -0.3 is 30.3 Å². The number of ketones is 1. The molecule has 0 radical (unpaired) electrons. The fourth-order valence-electron chi connectivity index (χ4n) is 5.56. The van der Waals surface area contributed by atoms with Gasteiger partial charge in [-0.3, -0.25) is 14.4 Å². The number of nitrogens with zero attached hydrogens (tertiary/aromatic N) is 1. The van der Waals surface area contributed by atoms with Crippen molar-refractivity contribution in [2.45, 2.75) is 109 Å². The Morgan fingerprint density at radius 3 is 2.21 bits per heavy atom. The van der Waals surface area contributed by atoms with Crippen molar-refractivity contribution in [1.29, 1.82) is 0 Å². The summed E-state index contributed by atoms with van der Waals surface area (Å²) >= 11 is 0. The molecule has 1 saturated heterocycles. The van der Waals surface area contributed by atoms with E-state index in [9.17, 15) is 19.2 Å². The number of urea groups is 1. The Hall–Kier alpha value is -2.20. The van der Waals surface area contributed by atoms with Crippen LogP contribution in [0.1, 0.15) is 90.4 Å². The van der Waals surface area contributed by atoms with Crippen LogP contribution in [0.15, 0.2) is 0 Å². The standard InChI is InChI=1S/C28H48N4O6/c1-2-3-16-38-20-24(25(33)27(35)29-22-12-8-5-9-13-22)30-26(34)23(19-21-10-6-4-7-11-21)31-28(36)32-14-17-37-18-15-32/h21-24H,2-20H2,1H3,(H,29,35)(H,30,34)(H,31,36)/t23-,24?/m0/s1. The third kappa shape index (κ3) is 10.2. The Balaban J connectivity index is 1.66. The molecular formula is C28H48N4O6. The normalized spacial score (nSPS) is 20.8. The number of Topliss-reactive ketones (excluding diaryl/α,β-unsaturated/α-hetero) is 1. The summed E-state index contributed by atoms with van der Waals surface area (Å²) in [5, 5.41) is 8.55. The average Bonchev–Trinajstić information content (AvgIpc) is 2.95. The lowest BCUT2D eigenvalue weighted by atomic mass is 9.84. The zero-order valence-corrected chi connectivity index (χ0v) is 23.1. The van der Waals surface area contributed by atoms with Gasteiger partial charge in [-0.25, -0.2) is 4.79 Å². The topological polar surface area (TPSA) is 126 Å². The number of ether oxygens (including phenoxy) is 2. The number of morpholine rings is 1. The molecule has 4 amide bonds. The summed E-state index contributed by atoms with van der Waals surface area (Å²) in [6.45, 7) is 4.28. The number of hydrogen-bond acceptors (Lipinski definition) is 6. The highest BCUT2D eigenvalue weighted by Crippen LogP contribution is 2.27. The van der Waals surface area contributed by atoms with Crippen LogP contribution < -0.4 is 16.0 Å². The van der Waals surface area contributed by atoms with E-state index < -0.39 is 29.7 Å². The molecule has 1 unspecified atom stereocenters. The SMILES string of the molecule is CCCCOCC(NC(=O)[C@H](CC1CCCCC1)NC(=O)N1CCOCC1)C(=O)C(=O)NC1CCCCC1. The number of amides is 4. The molecule has 3 rings (SSSR count). The molecule has 0 spiro atoms. The van der Waals surface area contributed by atoms with E-state index in [1.807, 2.05) is 6.92 Å². The van der Waals surface area contributed by atoms with Crippen molar-refractivity contribution in [1.82, 2.24) is 20.9 Å². The van der Waals surface area contributed by atoms with Gasteiger partial charge in [0.2, 0.25) is 11.7 Å². The summed E-state index contributed by atoms with van der Waals surface area (Å²) in [5.74, 6) is -1.49. The van der Waals surface area contributed by atoms with Crippen molar-refractivity contribution in [2.75, 3.05) is 39.5 Å². The molecule has 2 saturated carbocycles. The van der Waals surface area contributed by atoms with Gasteiger partial charge in [0.05, 0.1) is 19.8 Å². The molecule has 3 aliphatic rings. The highest BCUT2D eigenvalue weighted by Gasteiger charge is 2.33. The van der Waals surface area contributed by atoms with E-state index in [2.05, 4.69) is 16.0 Å². The number of unbranched alkanes of at least 4 members (excludes halogenated alkanes) is 1. The van der Waals surface area contributed by atoms with Crippen molar-refractivity contribution >= 4 is 23.6 Å². The molecule has 0 aromatic rings. The van der Waals surface area contributed by atoms with Crippen LogP contribution >= 0.6 is 0 Å². The highest BCUT2D eigenvalue weighted by atomic mass is 16.5. The summed E-state index contributed by atoms with van der Waals surface area (Å²) in [6.07, 6.45) is 12.6. The minimum atomic E-state index is -1.10. The van der Waals surface area contributed by atoms with Crippen LogP contribution in [0.3, 0.4) is 0 Å². The Labute approximate surface area is 227 Å². The summed E-state index contributed by atoms with van der Waals surface area (Å²) in [7, 11) is 0. The molecule has 10 heteroatoms. The van der Waals surface area contributed by atoms with Gasteiger partial charge in [0.15, 0.2) is 0 Å². The fraction of sp³-hybridized carbons (Fsp3) is 0.857. The summed E-state index contributed by atoms with van der Waals surface area (Å²) in [5.41, 5.74) is 0. The van der Waals surface area contributed by atoms with E-state index in [1.165, 1.54) is 6.42 Å². The zero-order chi connectivity index (χ0) is 27.2. The van der Waals surface area contributed by atoms with Crippen LogP contribution in [0, 0.1) is 5.92 Å². The Morgan fingerprint density at radius 1 is 0.895 bits per heavy atom. The first kappa shape index (κ1) is 30.3. The maximum Gasteiger partial charge on any atom is 0.318 e. The third-order valence-corrected chi connectivity index (χ3v) is 7.93. The van der Waals surface area contributed by atoms with Crippen molar-refractivity contribution in [3.05, 3.63) is 0 Å². The second-order valence-corrected chi connectivity index (χ2v) is 11.0. The lowest BCUT2D eigenvalue weighted by Gasteiger charge is -2.31. The number of hydrogen-bond donors (Lipinski definition) is 3. The second-order valence-electron chi connectivity index (χ2n) is 11.0. The molecule has 3 N–H and O–H groups in total. The largest absolute Gasteiger partial charge is 0.379 e. The molecule has 0 aromatic carbocycles. The molecule has 0 aromatic heterocycles. The fourth-order valence-corrected chi connectivity index (χ4v) is 5.56. The van der Waals surface area contributed by atoms with E-state index in [1.54, 1.807) is 4.90 Å². The van der Waals surface area contributed by atoms with Crippen LogP contribution in [0.2, 0.25) is 0 Å². The molecule has 0 bridgehead atoms. The maximum atomic E-state index is 13.5. The molecule has 2 aliphatic carbocycles. The van der Waals surface area contributed by atoms with Gasteiger partial charge in [-0.15, -0.1) is 0 Å². The Bertz CT molecular complexity index is 760. The van der Waals surface area contributed by atoms with E-state index in [4.69, 9.17) is 9.47 Å². The molecule has 3 fully saturated rings. The van der Waals surface area contributed by atoms with Crippen molar-refractivity contribution in [3.63, 3.8) is 0 Å². The Morgan fingerprint density at radius 2 is 1.55 bits per heavy atom. The second kappa shape index (κ2) is 16.7. The van der Waals surface area contributed by atoms with Crippen LogP contribution in [-0.2, 0) is 23.9 Å². The van der Waals surface area contributed by atoms with E-state index in [0.29, 0.717) is 45.2 Å². The van der Waals surface area contributed by atoms with Crippen molar-refractivity contribution < 1.29 is 28.7 Å². The lowest BCUT2D eigenvalue weighted by Crippen LogP contribution is -2.58. The number of carbonyl (C=O) groups is 4. The highest BCUT2D eigenvalue weighted by molar-refractivity contribution is 6.38. The molecule has 2 atom stereocenters. The maximum absolute atomic E-state index is 13.5. The molecule has 1 heterocycles. The van der Waals surface area contributed by atoms with Crippen LogP contribution in [0.4, 0.5) is 4.79 Å².